The summed E-state index contributed by atoms with van der Waals surface area (Å²) in [6.45, 7) is -0.0606. The van der Waals surface area contributed by atoms with Crippen molar-refractivity contribution >= 4 is 11.9 Å². The number of nitrogens with zero attached hydrogens (tertiary/aromatic N) is 2. The number of esters is 2. The van der Waals surface area contributed by atoms with Crippen LogP contribution in [0.3, 0.4) is 0 Å². The van der Waals surface area contributed by atoms with Gasteiger partial charge in [0.2, 0.25) is 0 Å². The molecule has 0 aliphatic rings. The number of hydrogen-bond donors (Lipinski definition) is 0. The summed E-state index contributed by atoms with van der Waals surface area (Å²) in [6.07, 6.45) is 0. The van der Waals surface area contributed by atoms with Crippen LogP contribution in [-0.4, -0.2) is 44.1 Å². The van der Waals surface area contributed by atoms with Gasteiger partial charge in [-0.3, -0.25) is 14.5 Å². The van der Waals surface area contributed by atoms with E-state index in [0.29, 0.717) is 5.56 Å². The predicted octanol–water partition coefficient (Wildman–Crippen LogP) is 0.845. The largest absolute Gasteiger partial charge is 0.468 e. The number of ether oxygens (including phenoxy) is 2. The lowest BCUT2D eigenvalue weighted by atomic mass is 10.1. The fourth-order valence-electron chi connectivity index (χ4n) is 1.68. The lowest BCUT2D eigenvalue weighted by Gasteiger charge is -2.19. The van der Waals surface area contributed by atoms with Gasteiger partial charge in [-0.25, -0.2) is 4.39 Å². The Morgan fingerprint density at radius 3 is 2.29 bits per heavy atom. The molecule has 0 saturated carbocycles. The molecule has 0 unspecified atom stereocenters. The number of rotatable bonds is 6. The van der Waals surface area contributed by atoms with E-state index in [1.54, 1.807) is 6.07 Å². The van der Waals surface area contributed by atoms with E-state index < -0.39 is 17.8 Å². The van der Waals surface area contributed by atoms with Crippen LogP contribution in [0.2, 0.25) is 0 Å². The lowest BCUT2D eigenvalue weighted by molar-refractivity contribution is -0.145. The second-order valence-corrected chi connectivity index (χ2v) is 4.22. The molecule has 1 aromatic carbocycles. The van der Waals surface area contributed by atoms with Crippen molar-refractivity contribution in [3.8, 4) is 6.07 Å². The Hall–Kier alpha value is -2.46. The molecule has 0 aromatic heterocycles. The molecule has 7 heteroatoms. The molecule has 1 rings (SSSR count). The van der Waals surface area contributed by atoms with Gasteiger partial charge in [-0.1, -0.05) is 6.07 Å². The fourth-order valence-corrected chi connectivity index (χ4v) is 1.68. The van der Waals surface area contributed by atoms with E-state index in [9.17, 15) is 14.0 Å². The summed E-state index contributed by atoms with van der Waals surface area (Å²) in [5, 5.41) is 8.79. The maximum absolute atomic E-state index is 13.3. The van der Waals surface area contributed by atoms with Crippen molar-refractivity contribution in [1.82, 2.24) is 4.90 Å². The van der Waals surface area contributed by atoms with Crippen LogP contribution in [0.15, 0.2) is 18.2 Å². The van der Waals surface area contributed by atoms with Gasteiger partial charge in [0.25, 0.3) is 0 Å². The van der Waals surface area contributed by atoms with Crippen LogP contribution in [0.25, 0.3) is 0 Å². The first-order valence-electron chi connectivity index (χ1n) is 6.04. The average Bonchev–Trinajstić information content (AvgIpc) is 2.48. The van der Waals surface area contributed by atoms with Crippen LogP contribution in [-0.2, 0) is 25.6 Å². The third-order valence-electron chi connectivity index (χ3n) is 2.72. The molecule has 0 atom stereocenters. The minimum Gasteiger partial charge on any atom is -0.468 e. The van der Waals surface area contributed by atoms with E-state index >= 15 is 0 Å². The molecule has 0 fully saturated rings. The number of nitriles is 1. The van der Waals surface area contributed by atoms with Crippen LogP contribution < -0.4 is 0 Å². The van der Waals surface area contributed by atoms with Crippen molar-refractivity contribution in [2.45, 2.75) is 6.54 Å². The van der Waals surface area contributed by atoms with Gasteiger partial charge < -0.3 is 9.47 Å². The van der Waals surface area contributed by atoms with Crippen LogP contribution in [0, 0.1) is 17.1 Å². The molecule has 1 aromatic rings. The fraction of sp³-hybridized carbons (Fsp3) is 0.357. The third kappa shape index (κ3) is 5.20. The van der Waals surface area contributed by atoms with Crippen molar-refractivity contribution in [2.24, 2.45) is 0 Å². The first-order chi connectivity index (χ1) is 9.99. The standard InChI is InChI=1S/C14H15FN2O4/c1-20-13(18)8-17(9-14(19)21-2)7-10-3-4-12(15)11(5-10)6-16/h3-5H,7-9H2,1-2H3. The Morgan fingerprint density at radius 1 is 1.24 bits per heavy atom. The molecule has 0 radical (unpaired) electrons. The van der Waals surface area contributed by atoms with E-state index in [0.717, 1.165) is 0 Å². The van der Waals surface area contributed by atoms with E-state index in [2.05, 4.69) is 9.47 Å². The van der Waals surface area contributed by atoms with E-state index in [1.165, 1.54) is 37.3 Å². The summed E-state index contributed by atoms with van der Waals surface area (Å²) < 4.78 is 22.4. The predicted molar refractivity (Wildman–Crippen MR) is 70.4 cm³/mol. The van der Waals surface area contributed by atoms with Gasteiger partial charge in [-0.15, -0.1) is 0 Å². The van der Waals surface area contributed by atoms with E-state index in [1.807, 2.05) is 0 Å². The molecule has 21 heavy (non-hydrogen) atoms. The quantitative estimate of drug-likeness (QED) is 0.724. The Labute approximate surface area is 121 Å². The minimum atomic E-state index is -0.617. The average molecular weight is 294 g/mol. The number of benzene rings is 1. The van der Waals surface area contributed by atoms with Crippen molar-refractivity contribution in [3.05, 3.63) is 35.1 Å². The zero-order valence-corrected chi connectivity index (χ0v) is 11.8. The monoisotopic (exact) mass is 294 g/mol. The Kier molecular flexibility index (Phi) is 6.30. The molecular formula is C14H15FN2O4. The summed E-state index contributed by atoms with van der Waals surface area (Å²) in [7, 11) is 2.48. The van der Waals surface area contributed by atoms with Crippen LogP contribution in [0.4, 0.5) is 4.39 Å². The van der Waals surface area contributed by atoms with Crippen LogP contribution in [0.5, 0.6) is 0 Å². The second kappa shape index (κ2) is 7.97. The first-order valence-corrected chi connectivity index (χ1v) is 6.04. The van der Waals surface area contributed by atoms with Gasteiger partial charge >= 0.3 is 11.9 Å². The summed E-state index contributed by atoms with van der Waals surface area (Å²) in [5.41, 5.74) is 0.504. The molecule has 0 bridgehead atoms. The summed E-state index contributed by atoms with van der Waals surface area (Å²) >= 11 is 0. The highest BCUT2D eigenvalue weighted by Crippen LogP contribution is 2.12. The molecular weight excluding hydrogens is 279 g/mol. The molecule has 0 spiro atoms. The molecule has 0 aliphatic carbocycles. The lowest BCUT2D eigenvalue weighted by Crippen LogP contribution is -2.35. The topological polar surface area (TPSA) is 79.6 Å². The van der Waals surface area contributed by atoms with Crippen molar-refractivity contribution in [2.75, 3.05) is 27.3 Å². The number of carbonyl (C=O) groups excluding carboxylic acids is 2. The maximum atomic E-state index is 13.3. The molecule has 0 saturated heterocycles. The van der Waals surface area contributed by atoms with Gasteiger partial charge in [0, 0.05) is 6.54 Å². The van der Waals surface area contributed by atoms with Crippen molar-refractivity contribution in [3.63, 3.8) is 0 Å². The molecule has 112 valence electrons. The smallest absolute Gasteiger partial charge is 0.319 e. The highest BCUT2D eigenvalue weighted by atomic mass is 19.1. The summed E-state index contributed by atoms with van der Waals surface area (Å²) in [5.74, 6) is -1.64. The Morgan fingerprint density at radius 2 is 1.81 bits per heavy atom. The van der Waals surface area contributed by atoms with Gasteiger partial charge in [-0.05, 0) is 17.7 Å². The van der Waals surface area contributed by atoms with Crippen molar-refractivity contribution in [1.29, 1.82) is 5.26 Å². The van der Waals surface area contributed by atoms with Crippen LogP contribution in [0.1, 0.15) is 11.1 Å². The summed E-state index contributed by atoms with van der Waals surface area (Å²) in [4.78, 5) is 24.1. The molecule has 0 aliphatic heterocycles. The first kappa shape index (κ1) is 16.6. The SMILES string of the molecule is COC(=O)CN(CC(=O)OC)Cc1ccc(F)c(C#N)c1. The molecule has 0 amide bonds. The maximum Gasteiger partial charge on any atom is 0.319 e. The zero-order chi connectivity index (χ0) is 15.8. The second-order valence-electron chi connectivity index (χ2n) is 4.22. The summed E-state index contributed by atoms with van der Waals surface area (Å²) in [6, 6.07) is 5.76. The number of carbonyl (C=O) groups is 2. The van der Waals surface area contributed by atoms with Crippen molar-refractivity contribution < 1.29 is 23.5 Å². The normalized spacial score (nSPS) is 10.0. The van der Waals surface area contributed by atoms with Gasteiger partial charge in [0.15, 0.2) is 0 Å². The Balaban J connectivity index is 2.87. The highest BCUT2D eigenvalue weighted by molar-refractivity contribution is 5.74. The molecule has 6 nitrogen and oxygen atoms in total. The molecule has 0 heterocycles. The Bertz CT molecular complexity index is 551. The van der Waals surface area contributed by atoms with Gasteiger partial charge in [0.05, 0.1) is 32.9 Å². The van der Waals surface area contributed by atoms with E-state index in [-0.39, 0.29) is 25.2 Å². The zero-order valence-electron chi connectivity index (χ0n) is 11.8. The van der Waals surface area contributed by atoms with Gasteiger partial charge in [-0.2, -0.15) is 5.26 Å². The number of hydrogen-bond acceptors (Lipinski definition) is 6. The molecule has 0 N–H and O–H groups in total. The van der Waals surface area contributed by atoms with Crippen LogP contribution >= 0.6 is 0 Å². The minimum absolute atomic E-state index is 0.0939. The third-order valence-corrected chi connectivity index (χ3v) is 2.72. The van der Waals surface area contributed by atoms with E-state index in [4.69, 9.17) is 5.26 Å². The van der Waals surface area contributed by atoms with Gasteiger partial charge in [0.1, 0.15) is 11.9 Å². The number of halogens is 1. The number of methoxy groups -OCH3 is 2. The highest BCUT2D eigenvalue weighted by Gasteiger charge is 2.16.